The van der Waals surface area contributed by atoms with Crippen LogP contribution >= 0.6 is 11.3 Å². The summed E-state index contributed by atoms with van der Waals surface area (Å²) in [5.74, 6) is 0. The number of carbonyl (C=O) groups is 1. The van der Waals surface area contributed by atoms with Crippen LogP contribution < -0.4 is 0 Å². The summed E-state index contributed by atoms with van der Waals surface area (Å²) >= 11 is 1.76. The predicted molar refractivity (Wildman–Crippen MR) is 103 cm³/mol. The van der Waals surface area contributed by atoms with Crippen molar-refractivity contribution in [3.05, 3.63) is 59.0 Å². The molecule has 4 rings (SSSR count). The van der Waals surface area contributed by atoms with Gasteiger partial charge in [0.15, 0.2) is 0 Å². The molecule has 0 radical (unpaired) electrons. The average molecular weight is 351 g/mol. The van der Waals surface area contributed by atoms with Crippen molar-refractivity contribution < 1.29 is 9.53 Å². The highest BCUT2D eigenvalue weighted by Gasteiger charge is 2.27. The third-order valence-corrected chi connectivity index (χ3v) is 5.25. The molecule has 1 aliphatic heterocycles. The summed E-state index contributed by atoms with van der Waals surface area (Å²) in [4.78, 5) is 14.1. The van der Waals surface area contributed by atoms with Crippen LogP contribution in [0.2, 0.25) is 0 Å². The fourth-order valence-corrected chi connectivity index (χ4v) is 3.99. The minimum atomic E-state index is -0.465. The largest absolute Gasteiger partial charge is 0.444 e. The van der Waals surface area contributed by atoms with Crippen LogP contribution in [0.15, 0.2) is 47.8 Å². The van der Waals surface area contributed by atoms with E-state index in [1.165, 1.54) is 32.3 Å². The van der Waals surface area contributed by atoms with Gasteiger partial charge in [0.05, 0.1) is 0 Å². The van der Waals surface area contributed by atoms with Gasteiger partial charge in [0.1, 0.15) is 5.60 Å². The van der Waals surface area contributed by atoms with Gasteiger partial charge in [-0.3, -0.25) is 4.90 Å². The van der Waals surface area contributed by atoms with Crippen molar-refractivity contribution in [3.8, 4) is 11.1 Å². The van der Waals surface area contributed by atoms with Gasteiger partial charge in [0.2, 0.25) is 0 Å². The molecule has 0 spiro atoms. The molecule has 0 fully saturated rings. The molecule has 3 aromatic rings. The molecule has 25 heavy (non-hydrogen) atoms. The zero-order chi connectivity index (χ0) is 17.6. The highest BCUT2D eigenvalue weighted by Crippen LogP contribution is 2.32. The molecule has 0 unspecified atom stereocenters. The lowest BCUT2D eigenvalue weighted by molar-refractivity contribution is 0.0242. The lowest BCUT2D eigenvalue weighted by Gasteiger charge is -2.24. The van der Waals surface area contributed by atoms with E-state index in [2.05, 4.69) is 47.8 Å². The van der Waals surface area contributed by atoms with Gasteiger partial charge in [-0.15, -0.1) is 11.3 Å². The third kappa shape index (κ3) is 3.27. The van der Waals surface area contributed by atoms with Gasteiger partial charge in [-0.1, -0.05) is 24.3 Å². The molecule has 0 aliphatic carbocycles. The van der Waals surface area contributed by atoms with E-state index in [-0.39, 0.29) is 6.09 Å². The topological polar surface area (TPSA) is 29.5 Å². The summed E-state index contributed by atoms with van der Waals surface area (Å²) in [6, 6.07) is 15.2. The van der Waals surface area contributed by atoms with Crippen LogP contribution in [0.25, 0.3) is 21.2 Å². The van der Waals surface area contributed by atoms with E-state index in [4.69, 9.17) is 4.74 Å². The number of hydrogen-bond acceptors (Lipinski definition) is 3. The van der Waals surface area contributed by atoms with Crippen LogP contribution in [0.5, 0.6) is 0 Å². The summed E-state index contributed by atoms with van der Waals surface area (Å²) in [6.07, 6.45) is -0.245. The zero-order valence-electron chi connectivity index (χ0n) is 14.7. The fourth-order valence-electron chi connectivity index (χ4n) is 3.16. The molecule has 3 nitrogen and oxygen atoms in total. The number of nitrogens with zero attached hydrogens (tertiary/aromatic N) is 1. The van der Waals surface area contributed by atoms with Gasteiger partial charge in [-0.2, -0.15) is 0 Å². The van der Waals surface area contributed by atoms with E-state index in [0.717, 1.165) is 0 Å². The lowest BCUT2D eigenvalue weighted by Crippen LogP contribution is -2.33. The van der Waals surface area contributed by atoms with Crippen LogP contribution in [0.1, 0.15) is 31.9 Å². The molecule has 4 heteroatoms. The first-order chi connectivity index (χ1) is 11.9. The second kappa shape index (κ2) is 5.88. The molecule has 128 valence electrons. The Hall–Kier alpha value is -2.33. The van der Waals surface area contributed by atoms with Crippen LogP contribution in [0.3, 0.4) is 0 Å². The number of ether oxygens (including phenoxy) is 1. The first kappa shape index (κ1) is 16.2. The molecule has 0 bridgehead atoms. The predicted octanol–water partition coefficient (Wildman–Crippen LogP) is 5.82. The van der Waals surface area contributed by atoms with E-state index >= 15 is 0 Å². The van der Waals surface area contributed by atoms with Crippen molar-refractivity contribution in [1.29, 1.82) is 0 Å². The Bertz CT molecular complexity index is 952. The maximum Gasteiger partial charge on any atom is 0.410 e. The number of hydrogen-bond donors (Lipinski definition) is 0. The van der Waals surface area contributed by atoms with Crippen molar-refractivity contribution in [2.75, 3.05) is 0 Å². The minimum Gasteiger partial charge on any atom is -0.444 e. The van der Waals surface area contributed by atoms with Crippen molar-refractivity contribution in [3.63, 3.8) is 0 Å². The van der Waals surface area contributed by atoms with Crippen molar-refractivity contribution in [2.45, 2.75) is 39.5 Å². The number of carbonyl (C=O) groups excluding carboxylic acids is 1. The molecule has 0 saturated heterocycles. The molecule has 2 heterocycles. The monoisotopic (exact) mass is 351 g/mol. The Morgan fingerprint density at radius 2 is 1.72 bits per heavy atom. The number of amides is 1. The number of rotatable bonds is 1. The Morgan fingerprint density at radius 3 is 2.52 bits per heavy atom. The molecule has 1 aromatic heterocycles. The summed E-state index contributed by atoms with van der Waals surface area (Å²) in [5.41, 5.74) is 4.35. The zero-order valence-corrected chi connectivity index (χ0v) is 15.5. The smallest absolute Gasteiger partial charge is 0.410 e. The molecular formula is C21H21NO2S. The molecule has 0 atom stereocenters. The Morgan fingerprint density at radius 1 is 1.00 bits per heavy atom. The summed E-state index contributed by atoms with van der Waals surface area (Å²) < 4.78 is 6.79. The third-order valence-electron chi connectivity index (χ3n) is 4.37. The van der Waals surface area contributed by atoms with Gasteiger partial charge in [-0.05, 0) is 72.0 Å². The molecule has 1 aliphatic rings. The molecule has 2 aromatic carbocycles. The summed E-state index contributed by atoms with van der Waals surface area (Å²) in [7, 11) is 0. The maximum absolute atomic E-state index is 12.3. The highest BCUT2D eigenvalue weighted by atomic mass is 32.1. The van der Waals surface area contributed by atoms with E-state index < -0.39 is 5.60 Å². The van der Waals surface area contributed by atoms with Crippen LogP contribution in [-0.4, -0.2) is 16.6 Å². The Balaban J connectivity index is 1.58. The Kier molecular flexibility index (Phi) is 3.80. The van der Waals surface area contributed by atoms with E-state index in [1.54, 1.807) is 16.2 Å². The quantitative estimate of drug-likeness (QED) is 0.553. The standard InChI is InChI=1S/C21H21NO2S/c1-21(2,3)24-20(23)22-12-17-7-6-15(10-18(17)13-22)16-5-4-14-8-9-25-19(14)11-16/h4-11H,12-13H2,1-3H3. The Labute approximate surface area is 151 Å². The second-order valence-electron chi connectivity index (χ2n) is 7.49. The molecule has 0 saturated carbocycles. The van der Waals surface area contributed by atoms with Gasteiger partial charge in [-0.25, -0.2) is 4.79 Å². The van der Waals surface area contributed by atoms with Crippen LogP contribution in [-0.2, 0) is 17.8 Å². The van der Waals surface area contributed by atoms with Crippen molar-refractivity contribution >= 4 is 27.5 Å². The van der Waals surface area contributed by atoms with Gasteiger partial charge in [0, 0.05) is 17.8 Å². The first-order valence-corrected chi connectivity index (χ1v) is 9.34. The number of thiophene rings is 1. The highest BCUT2D eigenvalue weighted by molar-refractivity contribution is 7.17. The maximum atomic E-state index is 12.3. The van der Waals surface area contributed by atoms with Crippen molar-refractivity contribution in [2.24, 2.45) is 0 Å². The summed E-state index contributed by atoms with van der Waals surface area (Å²) in [6.45, 7) is 6.92. The van der Waals surface area contributed by atoms with Gasteiger partial charge >= 0.3 is 6.09 Å². The molecule has 0 N–H and O–H groups in total. The van der Waals surface area contributed by atoms with Gasteiger partial charge < -0.3 is 4.74 Å². The SMILES string of the molecule is CC(C)(C)OC(=O)N1Cc2ccc(-c3ccc4ccsc4c3)cc2C1. The van der Waals surface area contributed by atoms with E-state index in [0.29, 0.717) is 13.1 Å². The second-order valence-corrected chi connectivity index (χ2v) is 8.44. The fraction of sp³-hybridized carbons (Fsp3) is 0.286. The van der Waals surface area contributed by atoms with Crippen molar-refractivity contribution in [1.82, 2.24) is 4.90 Å². The first-order valence-electron chi connectivity index (χ1n) is 8.46. The van der Waals surface area contributed by atoms with E-state index in [1.807, 2.05) is 20.8 Å². The minimum absolute atomic E-state index is 0.245. The molecule has 1 amide bonds. The lowest BCUT2D eigenvalue weighted by atomic mass is 10.0. The number of benzene rings is 2. The summed E-state index contributed by atoms with van der Waals surface area (Å²) in [5, 5.41) is 3.40. The normalized spacial score (nSPS) is 14.0. The van der Waals surface area contributed by atoms with E-state index in [9.17, 15) is 4.79 Å². The average Bonchev–Trinajstić information content (AvgIpc) is 3.18. The van der Waals surface area contributed by atoms with Gasteiger partial charge in [0.25, 0.3) is 0 Å². The number of fused-ring (bicyclic) bond motifs is 2. The van der Waals surface area contributed by atoms with Crippen LogP contribution in [0, 0.1) is 0 Å². The van der Waals surface area contributed by atoms with Crippen LogP contribution in [0.4, 0.5) is 4.79 Å². The molecular weight excluding hydrogens is 330 g/mol.